The maximum atomic E-state index is 2.39. The summed E-state index contributed by atoms with van der Waals surface area (Å²) in [7, 11) is 0. The minimum Gasteiger partial charge on any atom is -0.0856 e. The van der Waals surface area contributed by atoms with Crippen molar-refractivity contribution in [3.8, 4) is 0 Å². The van der Waals surface area contributed by atoms with Crippen LogP contribution in [0.5, 0.6) is 0 Å². The smallest absolute Gasteiger partial charge is 0.0323 e. The summed E-state index contributed by atoms with van der Waals surface area (Å²) in [4.78, 5) is 0. The lowest BCUT2D eigenvalue weighted by Crippen LogP contribution is -1.80. The van der Waals surface area contributed by atoms with Crippen LogP contribution in [0.3, 0.4) is 0 Å². The van der Waals surface area contributed by atoms with Gasteiger partial charge in [-0.15, -0.1) is 0 Å². The van der Waals surface area contributed by atoms with Gasteiger partial charge < -0.3 is 0 Å². The second-order valence-corrected chi connectivity index (χ2v) is 3.65. The van der Waals surface area contributed by atoms with Gasteiger partial charge in [0, 0.05) is 0 Å². The summed E-state index contributed by atoms with van der Waals surface area (Å²) < 4.78 is 0. The van der Waals surface area contributed by atoms with Crippen LogP contribution in [0.2, 0.25) is 0 Å². The lowest BCUT2D eigenvalue weighted by atomic mass is 10.1. The average molecular weight is 168 g/mol. The molecule has 0 nitrogen and oxygen atoms in total. The van der Waals surface area contributed by atoms with Crippen LogP contribution < -0.4 is 0 Å². The highest BCUT2D eigenvalue weighted by atomic mass is 14.0. The molecule has 0 heteroatoms. The largest absolute Gasteiger partial charge is 0.0856 e. The molecule has 0 heterocycles. The Bertz CT molecular complexity index is 111. The zero-order valence-electron chi connectivity index (χ0n) is 9.03. The van der Waals surface area contributed by atoms with Gasteiger partial charge in [-0.1, -0.05) is 51.2 Å². The minimum atomic E-state index is 1.26. The number of hydrogen-bond donors (Lipinski definition) is 0. The molecule has 0 aliphatic rings. The zero-order valence-corrected chi connectivity index (χ0v) is 9.03. The maximum Gasteiger partial charge on any atom is -0.0323 e. The summed E-state index contributed by atoms with van der Waals surface area (Å²) in [5.74, 6) is 0. The van der Waals surface area contributed by atoms with Crippen molar-refractivity contribution >= 4 is 0 Å². The molecule has 12 heavy (non-hydrogen) atoms. The quantitative estimate of drug-likeness (QED) is 0.382. The van der Waals surface area contributed by atoms with Gasteiger partial charge in [0.25, 0.3) is 0 Å². The first kappa shape index (κ1) is 11.7. The second-order valence-electron chi connectivity index (χ2n) is 3.65. The molecule has 72 valence electrons. The summed E-state index contributed by atoms with van der Waals surface area (Å²) in [5.41, 5.74) is 1.59. The van der Waals surface area contributed by atoms with Gasteiger partial charge in [0.05, 0.1) is 0 Å². The summed E-state index contributed by atoms with van der Waals surface area (Å²) in [6.07, 6.45) is 11.8. The van der Waals surface area contributed by atoms with E-state index >= 15 is 0 Å². The number of allylic oxidation sites excluding steroid dienone is 2. The third-order valence-corrected chi connectivity index (χ3v) is 2.21. The van der Waals surface area contributed by atoms with Gasteiger partial charge in [0.1, 0.15) is 0 Å². The molecule has 0 N–H and O–H groups in total. The van der Waals surface area contributed by atoms with E-state index in [1.165, 1.54) is 44.9 Å². The molecule has 0 aromatic carbocycles. The number of unbranched alkanes of at least 4 members (excludes halogenated alkanes) is 4. The van der Waals surface area contributed by atoms with Crippen molar-refractivity contribution in [2.24, 2.45) is 0 Å². The predicted octanol–water partition coefficient (Wildman–Crippen LogP) is 4.70. The first-order chi connectivity index (χ1) is 5.81. The first-order valence-corrected chi connectivity index (χ1v) is 5.46. The lowest BCUT2D eigenvalue weighted by molar-refractivity contribution is 0.663. The molecular formula is C12H24. The molecule has 0 radical (unpaired) electrons. The van der Waals surface area contributed by atoms with Gasteiger partial charge in [0.2, 0.25) is 0 Å². The van der Waals surface area contributed by atoms with Gasteiger partial charge in [-0.3, -0.25) is 0 Å². The molecule has 0 unspecified atom stereocenters. The van der Waals surface area contributed by atoms with Crippen LogP contribution in [0.25, 0.3) is 0 Å². The first-order valence-electron chi connectivity index (χ1n) is 5.46. The van der Waals surface area contributed by atoms with Crippen molar-refractivity contribution in [3.05, 3.63) is 11.6 Å². The highest BCUT2D eigenvalue weighted by Crippen LogP contribution is 2.10. The molecule has 0 saturated heterocycles. The molecule has 0 rings (SSSR count). The van der Waals surface area contributed by atoms with E-state index in [-0.39, 0.29) is 0 Å². The van der Waals surface area contributed by atoms with Crippen molar-refractivity contribution < 1.29 is 0 Å². The van der Waals surface area contributed by atoms with E-state index < -0.39 is 0 Å². The molecule has 0 spiro atoms. The Morgan fingerprint density at radius 2 is 1.75 bits per heavy atom. The van der Waals surface area contributed by atoms with Crippen molar-refractivity contribution in [1.29, 1.82) is 0 Å². The summed E-state index contributed by atoms with van der Waals surface area (Å²) >= 11 is 0. The molecule has 0 atom stereocenters. The standard InChI is InChI=1S/C12H24/c1-4-6-8-9-11-12(3)10-7-5-2/h10H,4-9,11H2,1-3H3. The van der Waals surface area contributed by atoms with Gasteiger partial charge >= 0.3 is 0 Å². The van der Waals surface area contributed by atoms with Crippen molar-refractivity contribution in [1.82, 2.24) is 0 Å². The fraction of sp³-hybridized carbons (Fsp3) is 0.833. The summed E-state index contributed by atoms with van der Waals surface area (Å²) in [6.45, 7) is 6.77. The topological polar surface area (TPSA) is 0 Å². The van der Waals surface area contributed by atoms with E-state index in [1.54, 1.807) is 5.57 Å². The molecule has 0 saturated carbocycles. The Hall–Kier alpha value is -0.260. The minimum absolute atomic E-state index is 1.26. The van der Waals surface area contributed by atoms with Crippen molar-refractivity contribution in [2.75, 3.05) is 0 Å². The molecule has 0 aromatic rings. The third kappa shape index (κ3) is 7.84. The average Bonchev–Trinajstić information content (AvgIpc) is 2.09. The normalized spacial score (nSPS) is 12.1. The molecule has 0 aromatic heterocycles. The van der Waals surface area contributed by atoms with Crippen LogP contribution in [0.1, 0.15) is 65.7 Å². The second kappa shape index (κ2) is 8.83. The van der Waals surface area contributed by atoms with E-state index in [0.717, 1.165) is 0 Å². The maximum absolute atomic E-state index is 2.39. The Labute approximate surface area is 78.1 Å². The van der Waals surface area contributed by atoms with Gasteiger partial charge in [-0.25, -0.2) is 0 Å². The lowest BCUT2D eigenvalue weighted by Gasteiger charge is -2.00. The molecule has 0 fully saturated rings. The van der Waals surface area contributed by atoms with Crippen molar-refractivity contribution in [2.45, 2.75) is 65.7 Å². The Morgan fingerprint density at radius 3 is 2.33 bits per heavy atom. The van der Waals surface area contributed by atoms with Crippen LogP contribution in [-0.4, -0.2) is 0 Å². The van der Waals surface area contributed by atoms with E-state index in [2.05, 4.69) is 26.8 Å². The Balaban J connectivity index is 3.24. The highest BCUT2D eigenvalue weighted by molar-refractivity contribution is 4.97. The predicted molar refractivity (Wildman–Crippen MR) is 57.4 cm³/mol. The SMILES string of the molecule is CCCC=C(C)CCCCCC. The molecule has 0 aliphatic carbocycles. The number of hydrogen-bond acceptors (Lipinski definition) is 0. The Morgan fingerprint density at radius 1 is 1.00 bits per heavy atom. The van der Waals surface area contributed by atoms with E-state index in [0.29, 0.717) is 0 Å². The van der Waals surface area contributed by atoms with Crippen molar-refractivity contribution in [3.63, 3.8) is 0 Å². The fourth-order valence-electron chi connectivity index (χ4n) is 1.32. The van der Waals surface area contributed by atoms with Crippen LogP contribution >= 0.6 is 0 Å². The molecular weight excluding hydrogens is 144 g/mol. The Kier molecular flexibility index (Phi) is 8.64. The molecule has 0 amide bonds. The van der Waals surface area contributed by atoms with Gasteiger partial charge in [0.15, 0.2) is 0 Å². The zero-order chi connectivity index (χ0) is 9.23. The van der Waals surface area contributed by atoms with E-state index in [9.17, 15) is 0 Å². The summed E-state index contributed by atoms with van der Waals surface area (Å²) in [6, 6.07) is 0. The van der Waals surface area contributed by atoms with E-state index in [4.69, 9.17) is 0 Å². The van der Waals surface area contributed by atoms with Crippen LogP contribution in [0.4, 0.5) is 0 Å². The number of rotatable bonds is 7. The van der Waals surface area contributed by atoms with Gasteiger partial charge in [-0.2, -0.15) is 0 Å². The monoisotopic (exact) mass is 168 g/mol. The summed E-state index contributed by atoms with van der Waals surface area (Å²) in [5, 5.41) is 0. The van der Waals surface area contributed by atoms with Crippen LogP contribution in [0, 0.1) is 0 Å². The van der Waals surface area contributed by atoms with Gasteiger partial charge in [-0.05, 0) is 26.2 Å². The molecule has 0 bridgehead atoms. The van der Waals surface area contributed by atoms with E-state index in [1.807, 2.05) is 0 Å². The fourth-order valence-corrected chi connectivity index (χ4v) is 1.32. The highest BCUT2D eigenvalue weighted by Gasteiger charge is 1.90. The van der Waals surface area contributed by atoms with Crippen LogP contribution in [0.15, 0.2) is 11.6 Å². The van der Waals surface area contributed by atoms with Crippen LogP contribution in [-0.2, 0) is 0 Å². The molecule has 0 aliphatic heterocycles. The third-order valence-electron chi connectivity index (χ3n) is 2.21.